The molecule has 0 amide bonds. The van der Waals surface area contributed by atoms with Gasteiger partial charge in [-0.2, -0.15) is 0 Å². The van der Waals surface area contributed by atoms with Crippen LogP contribution < -0.4 is 0 Å². The van der Waals surface area contributed by atoms with Gasteiger partial charge < -0.3 is 0 Å². The van der Waals surface area contributed by atoms with E-state index in [4.69, 9.17) is 0 Å². The van der Waals surface area contributed by atoms with Crippen molar-refractivity contribution >= 4 is 48.8 Å². The normalized spacial score (nSPS) is 24.5. The second-order valence-electron chi connectivity index (χ2n) is 3.27. The topological polar surface area (TPSA) is 0 Å². The van der Waals surface area contributed by atoms with E-state index in [1.165, 1.54) is 36.3 Å². The fourth-order valence-corrected chi connectivity index (χ4v) is 4.94. The predicted octanol–water partition coefficient (Wildman–Crippen LogP) is 4.63. The molecule has 0 aromatic carbocycles. The molecule has 1 fully saturated rings. The lowest BCUT2D eigenvalue weighted by Crippen LogP contribution is -1.94. The van der Waals surface area contributed by atoms with Crippen LogP contribution in [-0.2, 0) is 0 Å². The van der Waals surface area contributed by atoms with E-state index in [-0.39, 0.29) is 0 Å². The van der Waals surface area contributed by atoms with Gasteiger partial charge in [-0.15, -0.1) is 25.3 Å². The van der Waals surface area contributed by atoms with Gasteiger partial charge in [-0.05, 0) is 31.3 Å². The second-order valence-corrected chi connectivity index (χ2v) is 7.07. The summed E-state index contributed by atoms with van der Waals surface area (Å²) in [5.74, 6) is 0. The van der Waals surface area contributed by atoms with E-state index in [2.05, 4.69) is 25.3 Å². The molecular weight excluding hydrogens is 236 g/mol. The minimum atomic E-state index is 1.07. The van der Waals surface area contributed by atoms with E-state index in [0.717, 1.165) is 8.47 Å². The van der Waals surface area contributed by atoms with E-state index in [9.17, 15) is 0 Å². The summed E-state index contributed by atoms with van der Waals surface area (Å²) in [5.41, 5.74) is 1.64. The molecule has 0 bridgehead atoms. The molecule has 1 heterocycles. The molecule has 2 rings (SSSR count). The average molecular weight is 248 g/mol. The van der Waals surface area contributed by atoms with Crippen LogP contribution in [0.3, 0.4) is 0 Å². The lowest BCUT2D eigenvalue weighted by Gasteiger charge is -2.15. The van der Waals surface area contributed by atoms with E-state index in [0.29, 0.717) is 0 Å². The molecule has 0 aromatic heterocycles. The van der Waals surface area contributed by atoms with Gasteiger partial charge in [-0.1, -0.05) is 29.9 Å². The number of rotatable bonds is 0. The molecule has 0 saturated heterocycles. The highest BCUT2D eigenvalue weighted by Gasteiger charge is 2.20. The van der Waals surface area contributed by atoms with Crippen LogP contribution >= 0.6 is 48.8 Å². The van der Waals surface area contributed by atoms with E-state index in [1.807, 2.05) is 0 Å². The third-order valence-corrected chi connectivity index (χ3v) is 6.15. The zero-order valence-corrected chi connectivity index (χ0v) is 10.7. The summed E-state index contributed by atoms with van der Waals surface area (Å²) in [6, 6.07) is 0. The summed E-state index contributed by atoms with van der Waals surface area (Å²) in [6.45, 7) is 0. The Morgan fingerprint density at radius 1 is 0.846 bits per heavy atom. The van der Waals surface area contributed by atoms with Gasteiger partial charge in [0.1, 0.15) is 0 Å². The summed E-state index contributed by atoms with van der Waals surface area (Å²) in [5, 5.41) is 0. The first-order valence-corrected chi connectivity index (χ1v) is 7.00. The zero-order chi connectivity index (χ0) is 9.26. The van der Waals surface area contributed by atoms with Gasteiger partial charge in [-0.3, -0.25) is 0 Å². The summed E-state index contributed by atoms with van der Waals surface area (Å²) >= 11 is 12.3. The largest absolute Gasteiger partial charge is 0.135 e. The molecule has 1 aliphatic heterocycles. The summed E-state index contributed by atoms with van der Waals surface area (Å²) in [7, 11) is 0. The zero-order valence-electron chi connectivity index (χ0n) is 7.25. The number of allylic oxidation sites excluding steroid dienone is 1. The van der Waals surface area contributed by atoms with Crippen LogP contribution in [0.1, 0.15) is 32.1 Å². The van der Waals surface area contributed by atoms with Crippen molar-refractivity contribution in [1.82, 2.24) is 0 Å². The van der Waals surface area contributed by atoms with Crippen LogP contribution in [0.4, 0.5) is 0 Å². The van der Waals surface area contributed by atoms with Gasteiger partial charge in [0.15, 0.2) is 0 Å². The standard InChI is InChI=1S/C9H12S4/c10-7-8(11)13-9(12-7)6-4-2-1-3-5-6/h10-11H,1-5H2. The van der Waals surface area contributed by atoms with Gasteiger partial charge in [0.25, 0.3) is 0 Å². The summed E-state index contributed by atoms with van der Waals surface area (Å²) in [4.78, 5) is 0. The van der Waals surface area contributed by atoms with Gasteiger partial charge in [-0.25, -0.2) is 0 Å². The van der Waals surface area contributed by atoms with Crippen LogP contribution in [0.25, 0.3) is 0 Å². The van der Waals surface area contributed by atoms with Crippen molar-refractivity contribution in [2.75, 3.05) is 0 Å². The minimum absolute atomic E-state index is 1.07. The molecule has 0 spiro atoms. The number of thioether (sulfide) groups is 2. The van der Waals surface area contributed by atoms with Crippen LogP contribution in [0.5, 0.6) is 0 Å². The van der Waals surface area contributed by atoms with Crippen molar-refractivity contribution in [2.45, 2.75) is 32.1 Å². The maximum atomic E-state index is 4.38. The molecule has 0 unspecified atom stereocenters. The summed E-state index contributed by atoms with van der Waals surface area (Å²) in [6.07, 6.45) is 6.71. The Kier molecular flexibility index (Phi) is 3.68. The lowest BCUT2D eigenvalue weighted by atomic mass is 9.96. The number of hydrogen-bond donors (Lipinski definition) is 2. The molecule has 13 heavy (non-hydrogen) atoms. The molecule has 2 aliphatic rings. The monoisotopic (exact) mass is 248 g/mol. The molecular formula is C9H12S4. The second kappa shape index (κ2) is 4.60. The van der Waals surface area contributed by atoms with E-state index < -0.39 is 0 Å². The molecule has 72 valence electrons. The van der Waals surface area contributed by atoms with Crippen molar-refractivity contribution in [1.29, 1.82) is 0 Å². The van der Waals surface area contributed by atoms with Gasteiger partial charge >= 0.3 is 0 Å². The minimum Gasteiger partial charge on any atom is -0.135 e. The van der Waals surface area contributed by atoms with Crippen LogP contribution in [0.2, 0.25) is 0 Å². The van der Waals surface area contributed by atoms with Gasteiger partial charge in [0, 0.05) is 0 Å². The van der Waals surface area contributed by atoms with Gasteiger partial charge in [0.05, 0.1) is 12.7 Å². The first-order valence-electron chi connectivity index (χ1n) is 4.47. The molecule has 1 saturated carbocycles. The molecule has 0 N–H and O–H groups in total. The van der Waals surface area contributed by atoms with E-state index >= 15 is 0 Å². The summed E-state index contributed by atoms with van der Waals surface area (Å²) < 4.78 is 3.59. The fourth-order valence-electron chi connectivity index (χ4n) is 1.61. The van der Waals surface area contributed by atoms with Crippen molar-refractivity contribution in [3.8, 4) is 0 Å². The lowest BCUT2D eigenvalue weighted by molar-refractivity contribution is 0.599. The molecule has 1 aliphatic carbocycles. The fraction of sp³-hybridized carbons (Fsp3) is 0.556. The van der Waals surface area contributed by atoms with Crippen molar-refractivity contribution in [3.05, 3.63) is 18.3 Å². The molecule has 0 nitrogen and oxygen atoms in total. The Hall–Kier alpha value is 0.880. The molecule has 4 heteroatoms. The quantitative estimate of drug-likeness (QED) is 0.600. The average Bonchev–Trinajstić information content (AvgIpc) is 2.49. The highest BCUT2D eigenvalue weighted by atomic mass is 32.2. The Labute approximate surface area is 98.8 Å². The van der Waals surface area contributed by atoms with E-state index in [1.54, 1.807) is 29.1 Å². The number of hydrogen-bond acceptors (Lipinski definition) is 4. The van der Waals surface area contributed by atoms with Crippen LogP contribution in [-0.4, -0.2) is 0 Å². The Bertz CT molecular complexity index is 253. The van der Waals surface area contributed by atoms with Gasteiger partial charge in [0.2, 0.25) is 0 Å². The Morgan fingerprint density at radius 3 is 1.92 bits per heavy atom. The van der Waals surface area contributed by atoms with Crippen LogP contribution in [0.15, 0.2) is 18.3 Å². The first kappa shape index (κ1) is 10.4. The third kappa shape index (κ3) is 2.46. The Morgan fingerprint density at radius 2 is 1.38 bits per heavy atom. The van der Waals surface area contributed by atoms with Crippen molar-refractivity contribution in [2.24, 2.45) is 0 Å². The maximum Gasteiger partial charge on any atom is 0.0626 e. The third-order valence-electron chi connectivity index (χ3n) is 2.31. The van der Waals surface area contributed by atoms with Crippen molar-refractivity contribution in [3.63, 3.8) is 0 Å². The highest BCUT2D eigenvalue weighted by Crippen LogP contribution is 2.54. The van der Waals surface area contributed by atoms with Crippen molar-refractivity contribution < 1.29 is 0 Å². The predicted molar refractivity (Wildman–Crippen MR) is 70.3 cm³/mol. The molecule has 0 aromatic rings. The molecule has 0 atom stereocenters. The van der Waals surface area contributed by atoms with Crippen LogP contribution in [0, 0.1) is 0 Å². The number of thiol groups is 2. The molecule has 0 radical (unpaired) electrons. The smallest absolute Gasteiger partial charge is 0.0626 e. The SMILES string of the molecule is SC1=C(S)SC(=C2CCCCC2)S1. The first-order chi connectivity index (χ1) is 6.27. The Balaban J connectivity index is 2.10. The highest BCUT2D eigenvalue weighted by molar-refractivity contribution is 8.37. The maximum absolute atomic E-state index is 4.38.